The molecule has 1 aromatic carbocycles. The van der Waals surface area contributed by atoms with Crippen molar-refractivity contribution in [2.45, 2.75) is 39.8 Å². The summed E-state index contributed by atoms with van der Waals surface area (Å²) in [6.07, 6.45) is -0.670. The molecule has 0 spiro atoms. The second-order valence-corrected chi connectivity index (χ2v) is 4.70. The Hall–Kier alpha value is -1.75. The van der Waals surface area contributed by atoms with E-state index >= 15 is 0 Å². The minimum Gasteiger partial charge on any atom is -0.493 e. The largest absolute Gasteiger partial charge is 0.493 e. The van der Waals surface area contributed by atoms with Crippen LogP contribution in [-0.2, 0) is 9.53 Å². The summed E-state index contributed by atoms with van der Waals surface area (Å²) in [5, 5.41) is 3.34. The van der Waals surface area contributed by atoms with E-state index in [0.29, 0.717) is 18.1 Å². The number of benzene rings is 1. The maximum Gasteiger partial charge on any atom is 0.347 e. The molecule has 1 aromatic rings. The fourth-order valence-corrected chi connectivity index (χ4v) is 1.97. The first kappa shape index (κ1) is 17.3. The van der Waals surface area contributed by atoms with E-state index < -0.39 is 6.10 Å². The molecule has 0 heterocycles. The minimum absolute atomic E-state index is 0.223. The van der Waals surface area contributed by atoms with Crippen molar-refractivity contribution in [1.82, 2.24) is 5.32 Å². The lowest BCUT2D eigenvalue weighted by Crippen LogP contribution is -2.26. The summed E-state index contributed by atoms with van der Waals surface area (Å²) in [6.45, 7) is 8.80. The van der Waals surface area contributed by atoms with Crippen LogP contribution in [0.4, 0.5) is 0 Å². The van der Waals surface area contributed by atoms with E-state index in [0.717, 1.165) is 12.1 Å². The van der Waals surface area contributed by atoms with E-state index in [9.17, 15) is 4.79 Å². The molecule has 2 atom stereocenters. The number of carbonyl (C=O) groups is 1. The van der Waals surface area contributed by atoms with Crippen molar-refractivity contribution >= 4 is 5.97 Å². The van der Waals surface area contributed by atoms with Gasteiger partial charge in [0.1, 0.15) is 0 Å². The first-order valence-corrected chi connectivity index (χ1v) is 7.28. The van der Waals surface area contributed by atoms with Gasteiger partial charge >= 0.3 is 5.97 Å². The third kappa shape index (κ3) is 4.93. The molecule has 0 amide bonds. The molecular weight excluding hydrogens is 270 g/mol. The van der Waals surface area contributed by atoms with Gasteiger partial charge in [-0.3, -0.25) is 0 Å². The van der Waals surface area contributed by atoms with Crippen LogP contribution in [0.2, 0.25) is 0 Å². The van der Waals surface area contributed by atoms with Gasteiger partial charge in [0, 0.05) is 6.04 Å². The number of nitrogens with one attached hydrogen (secondary N) is 1. The van der Waals surface area contributed by atoms with Crippen LogP contribution in [0.25, 0.3) is 0 Å². The third-order valence-corrected chi connectivity index (χ3v) is 3.12. The van der Waals surface area contributed by atoms with Crippen molar-refractivity contribution in [1.29, 1.82) is 0 Å². The Morgan fingerprint density at radius 1 is 1.24 bits per heavy atom. The van der Waals surface area contributed by atoms with Gasteiger partial charge in [0.2, 0.25) is 0 Å². The summed E-state index contributed by atoms with van der Waals surface area (Å²) in [5.74, 6) is 0.753. The van der Waals surface area contributed by atoms with Crippen molar-refractivity contribution in [2.75, 3.05) is 20.3 Å². The van der Waals surface area contributed by atoms with E-state index in [1.54, 1.807) is 21.0 Å². The van der Waals surface area contributed by atoms with Gasteiger partial charge in [-0.05, 0) is 45.0 Å². The average molecular weight is 295 g/mol. The molecule has 0 radical (unpaired) electrons. The first-order valence-electron chi connectivity index (χ1n) is 7.28. The van der Waals surface area contributed by atoms with Crippen molar-refractivity contribution in [3.8, 4) is 11.5 Å². The quantitative estimate of drug-likeness (QED) is 0.747. The monoisotopic (exact) mass is 295 g/mol. The summed E-state index contributed by atoms with van der Waals surface area (Å²) in [6, 6.07) is 5.92. The molecule has 0 aromatic heterocycles. The van der Waals surface area contributed by atoms with Gasteiger partial charge in [0.25, 0.3) is 0 Å². The molecule has 1 rings (SSSR count). The van der Waals surface area contributed by atoms with Crippen molar-refractivity contribution < 1.29 is 19.0 Å². The molecule has 118 valence electrons. The summed E-state index contributed by atoms with van der Waals surface area (Å²) in [4.78, 5) is 11.6. The van der Waals surface area contributed by atoms with Crippen LogP contribution in [0.3, 0.4) is 0 Å². The molecule has 0 saturated carbocycles. The maximum atomic E-state index is 11.6. The Morgan fingerprint density at radius 2 is 1.95 bits per heavy atom. The average Bonchev–Trinajstić information content (AvgIpc) is 2.48. The smallest absolute Gasteiger partial charge is 0.347 e. The summed E-state index contributed by atoms with van der Waals surface area (Å²) in [7, 11) is 1.58. The molecule has 21 heavy (non-hydrogen) atoms. The van der Waals surface area contributed by atoms with Gasteiger partial charge in [-0.2, -0.15) is 0 Å². The number of rotatable bonds is 8. The third-order valence-electron chi connectivity index (χ3n) is 3.12. The second-order valence-electron chi connectivity index (χ2n) is 4.70. The zero-order valence-electron chi connectivity index (χ0n) is 13.4. The normalized spacial score (nSPS) is 13.4. The van der Waals surface area contributed by atoms with Crippen LogP contribution in [0.1, 0.15) is 39.3 Å². The maximum absolute atomic E-state index is 11.6. The highest BCUT2D eigenvalue weighted by atomic mass is 16.6. The Bertz CT molecular complexity index is 462. The molecule has 5 nitrogen and oxygen atoms in total. The predicted octanol–water partition coefficient (Wildman–Crippen LogP) is 2.70. The van der Waals surface area contributed by atoms with Gasteiger partial charge < -0.3 is 19.5 Å². The van der Waals surface area contributed by atoms with Gasteiger partial charge in [-0.25, -0.2) is 4.79 Å². The van der Waals surface area contributed by atoms with Gasteiger partial charge in [0.15, 0.2) is 17.6 Å². The van der Waals surface area contributed by atoms with E-state index in [4.69, 9.17) is 14.2 Å². The molecule has 0 fully saturated rings. The molecule has 0 aliphatic rings. The molecule has 2 unspecified atom stereocenters. The van der Waals surface area contributed by atoms with Crippen molar-refractivity contribution in [3.05, 3.63) is 23.8 Å². The Kier molecular flexibility index (Phi) is 7.02. The van der Waals surface area contributed by atoms with Gasteiger partial charge in [-0.1, -0.05) is 13.0 Å². The standard InChI is InChI=1S/C16H25NO4/c1-6-17-11(3)13-8-9-14(15(10-13)19-5)21-12(4)16(18)20-7-2/h8-12,17H,6-7H2,1-5H3. The lowest BCUT2D eigenvalue weighted by molar-refractivity contribution is -0.150. The van der Waals surface area contributed by atoms with E-state index in [2.05, 4.69) is 19.2 Å². The van der Waals surface area contributed by atoms with Crippen molar-refractivity contribution in [3.63, 3.8) is 0 Å². The van der Waals surface area contributed by atoms with E-state index in [1.165, 1.54) is 0 Å². The minimum atomic E-state index is -0.670. The highest BCUT2D eigenvalue weighted by molar-refractivity contribution is 5.74. The zero-order chi connectivity index (χ0) is 15.8. The summed E-state index contributed by atoms with van der Waals surface area (Å²) in [5.41, 5.74) is 1.10. The number of hydrogen-bond donors (Lipinski definition) is 1. The molecule has 0 aliphatic heterocycles. The molecule has 5 heteroatoms. The molecule has 0 saturated heterocycles. The lowest BCUT2D eigenvalue weighted by Gasteiger charge is -2.18. The lowest BCUT2D eigenvalue weighted by atomic mass is 10.1. The Balaban J connectivity index is 2.86. The van der Waals surface area contributed by atoms with Crippen LogP contribution < -0.4 is 14.8 Å². The van der Waals surface area contributed by atoms with Gasteiger partial charge in [-0.15, -0.1) is 0 Å². The van der Waals surface area contributed by atoms with Crippen molar-refractivity contribution in [2.24, 2.45) is 0 Å². The SMILES string of the molecule is CCNC(C)c1ccc(OC(C)C(=O)OCC)c(OC)c1. The number of hydrogen-bond acceptors (Lipinski definition) is 5. The first-order chi connectivity index (χ1) is 10.0. The number of ether oxygens (including phenoxy) is 3. The zero-order valence-corrected chi connectivity index (χ0v) is 13.4. The van der Waals surface area contributed by atoms with E-state index in [-0.39, 0.29) is 12.0 Å². The number of methoxy groups -OCH3 is 1. The predicted molar refractivity (Wildman–Crippen MR) is 81.8 cm³/mol. The van der Waals surface area contributed by atoms with Crippen LogP contribution in [-0.4, -0.2) is 32.3 Å². The number of carbonyl (C=O) groups excluding carboxylic acids is 1. The fourth-order valence-electron chi connectivity index (χ4n) is 1.97. The van der Waals surface area contributed by atoms with Crippen LogP contribution in [0.5, 0.6) is 11.5 Å². The second kappa shape index (κ2) is 8.52. The van der Waals surface area contributed by atoms with Crippen LogP contribution >= 0.6 is 0 Å². The Morgan fingerprint density at radius 3 is 2.52 bits per heavy atom. The van der Waals surface area contributed by atoms with Crippen LogP contribution in [0.15, 0.2) is 18.2 Å². The Labute approximate surface area is 126 Å². The molecule has 1 N–H and O–H groups in total. The van der Waals surface area contributed by atoms with E-state index in [1.807, 2.05) is 18.2 Å². The summed E-state index contributed by atoms with van der Waals surface area (Å²) < 4.78 is 15.9. The molecular formula is C16H25NO4. The van der Waals surface area contributed by atoms with Gasteiger partial charge in [0.05, 0.1) is 13.7 Å². The summed E-state index contributed by atoms with van der Waals surface area (Å²) >= 11 is 0. The fraction of sp³-hybridized carbons (Fsp3) is 0.562. The highest BCUT2D eigenvalue weighted by Crippen LogP contribution is 2.31. The topological polar surface area (TPSA) is 56.8 Å². The molecule has 0 aliphatic carbocycles. The highest BCUT2D eigenvalue weighted by Gasteiger charge is 2.18. The van der Waals surface area contributed by atoms with Crippen LogP contribution in [0, 0.1) is 0 Å². The number of esters is 1. The molecule has 0 bridgehead atoms.